The third kappa shape index (κ3) is 2.03. The van der Waals surface area contributed by atoms with Crippen LogP contribution in [0.25, 0.3) is 0 Å². The maximum atomic E-state index is 12.0. The lowest BCUT2D eigenvalue weighted by atomic mass is 10.0. The zero-order valence-corrected chi connectivity index (χ0v) is 10.5. The second-order valence-electron chi connectivity index (χ2n) is 3.49. The van der Waals surface area contributed by atoms with Gasteiger partial charge in [0.2, 0.25) is 0 Å². The van der Waals surface area contributed by atoms with Gasteiger partial charge in [0, 0.05) is 21.4 Å². The fourth-order valence-corrected chi connectivity index (χ4v) is 3.54. The van der Waals surface area contributed by atoms with Crippen LogP contribution in [0.5, 0.6) is 0 Å². The van der Waals surface area contributed by atoms with Gasteiger partial charge in [-0.3, -0.25) is 4.79 Å². The fourth-order valence-electron chi connectivity index (χ4n) is 1.71. The number of hydrogen-bond donors (Lipinski definition) is 0. The van der Waals surface area contributed by atoms with E-state index < -0.39 is 0 Å². The van der Waals surface area contributed by atoms with Crippen molar-refractivity contribution >= 4 is 40.7 Å². The van der Waals surface area contributed by atoms with Crippen LogP contribution in [-0.4, -0.2) is 11.0 Å². The van der Waals surface area contributed by atoms with Crippen molar-refractivity contribution in [1.29, 1.82) is 0 Å². The molecule has 0 aromatic heterocycles. The first-order valence-electron chi connectivity index (χ1n) is 4.77. The molecular weight excluding hydrogens is 251 g/mol. The summed E-state index contributed by atoms with van der Waals surface area (Å²) in [7, 11) is 0. The summed E-state index contributed by atoms with van der Waals surface area (Å²) in [5.41, 5.74) is 1.64. The molecule has 2 rings (SSSR count). The lowest BCUT2D eigenvalue weighted by Gasteiger charge is -2.22. The summed E-state index contributed by atoms with van der Waals surface area (Å²) in [6, 6.07) is 3.43. The standard InChI is InChI=1S/C11H10Cl2OS/c1-2-10-11(14)7-3-6(12)4-9(13)8(7)5-15-10/h3-4,10H,2,5H2,1H3. The monoisotopic (exact) mass is 260 g/mol. The molecule has 1 aliphatic rings. The molecule has 0 amide bonds. The number of rotatable bonds is 1. The van der Waals surface area contributed by atoms with E-state index >= 15 is 0 Å². The Morgan fingerprint density at radius 3 is 2.87 bits per heavy atom. The normalized spacial score (nSPS) is 20.2. The zero-order chi connectivity index (χ0) is 11.0. The minimum Gasteiger partial charge on any atom is -0.293 e. The molecule has 0 N–H and O–H groups in total. The molecule has 4 heteroatoms. The van der Waals surface area contributed by atoms with Crippen molar-refractivity contribution in [1.82, 2.24) is 0 Å². The zero-order valence-electron chi connectivity index (χ0n) is 8.22. The van der Waals surface area contributed by atoms with Crippen molar-refractivity contribution in [3.8, 4) is 0 Å². The molecule has 0 radical (unpaired) electrons. The van der Waals surface area contributed by atoms with Gasteiger partial charge in [-0.25, -0.2) is 0 Å². The van der Waals surface area contributed by atoms with E-state index in [0.717, 1.165) is 17.7 Å². The Bertz CT molecular complexity index is 417. The smallest absolute Gasteiger partial charge is 0.176 e. The van der Waals surface area contributed by atoms with Crippen molar-refractivity contribution in [3.63, 3.8) is 0 Å². The van der Waals surface area contributed by atoms with Gasteiger partial charge in [0.05, 0.1) is 5.25 Å². The minimum absolute atomic E-state index is 0.0621. The van der Waals surface area contributed by atoms with Gasteiger partial charge in [-0.2, -0.15) is 0 Å². The quantitative estimate of drug-likeness (QED) is 0.753. The van der Waals surface area contributed by atoms with E-state index in [1.807, 2.05) is 6.92 Å². The van der Waals surface area contributed by atoms with Gasteiger partial charge in [0.25, 0.3) is 0 Å². The molecule has 0 fully saturated rings. The molecular formula is C11H10Cl2OS. The van der Waals surface area contributed by atoms with Crippen LogP contribution in [0.2, 0.25) is 10.0 Å². The Kier molecular flexibility index (Phi) is 3.29. The number of benzene rings is 1. The van der Waals surface area contributed by atoms with Gasteiger partial charge in [0.1, 0.15) is 0 Å². The Balaban J connectivity index is 2.51. The van der Waals surface area contributed by atoms with Crippen LogP contribution < -0.4 is 0 Å². The van der Waals surface area contributed by atoms with Gasteiger partial charge in [-0.15, -0.1) is 11.8 Å². The molecule has 1 heterocycles. The number of Topliss-reactive ketones (excluding diaryl/α,β-unsaturated/α-hetero) is 1. The van der Waals surface area contributed by atoms with E-state index in [4.69, 9.17) is 23.2 Å². The van der Waals surface area contributed by atoms with Crippen LogP contribution in [-0.2, 0) is 5.75 Å². The van der Waals surface area contributed by atoms with Crippen molar-refractivity contribution < 1.29 is 4.79 Å². The van der Waals surface area contributed by atoms with Gasteiger partial charge in [-0.1, -0.05) is 30.1 Å². The van der Waals surface area contributed by atoms with Crippen LogP contribution in [0.1, 0.15) is 29.3 Å². The molecule has 0 saturated heterocycles. The van der Waals surface area contributed by atoms with E-state index in [1.54, 1.807) is 23.9 Å². The summed E-state index contributed by atoms with van der Waals surface area (Å²) >= 11 is 13.6. The summed E-state index contributed by atoms with van der Waals surface area (Å²) in [5, 5.41) is 1.20. The Morgan fingerprint density at radius 2 is 2.20 bits per heavy atom. The summed E-state index contributed by atoms with van der Waals surface area (Å²) in [4.78, 5) is 12.0. The third-order valence-electron chi connectivity index (χ3n) is 2.52. The minimum atomic E-state index is 0.0621. The molecule has 0 spiro atoms. The van der Waals surface area contributed by atoms with E-state index in [2.05, 4.69) is 0 Å². The van der Waals surface area contributed by atoms with Crippen molar-refractivity contribution in [2.45, 2.75) is 24.3 Å². The Hall–Kier alpha value is -0.180. The predicted molar refractivity (Wildman–Crippen MR) is 66.2 cm³/mol. The van der Waals surface area contributed by atoms with Gasteiger partial charge >= 0.3 is 0 Å². The highest BCUT2D eigenvalue weighted by molar-refractivity contribution is 8.00. The molecule has 0 bridgehead atoms. The third-order valence-corrected chi connectivity index (χ3v) is 4.48. The first-order valence-corrected chi connectivity index (χ1v) is 6.57. The SMILES string of the molecule is CCC1SCc2c(Cl)cc(Cl)cc2C1=O. The van der Waals surface area contributed by atoms with Crippen LogP contribution in [0, 0.1) is 0 Å². The molecule has 1 unspecified atom stereocenters. The molecule has 0 aliphatic carbocycles. The molecule has 0 saturated carbocycles. The summed E-state index contributed by atoms with van der Waals surface area (Å²) in [5.74, 6) is 0.961. The second-order valence-corrected chi connectivity index (χ2v) is 5.52. The highest BCUT2D eigenvalue weighted by atomic mass is 35.5. The number of hydrogen-bond acceptors (Lipinski definition) is 2. The molecule has 15 heavy (non-hydrogen) atoms. The van der Waals surface area contributed by atoms with Crippen molar-refractivity contribution in [2.24, 2.45) is 0 Å². The Morgan fingerprint density at radius 1 is 1.47 bits per heavy atom. The molecule has 1 atom stereocenters. The topological polar surface area (TPSA) is 17.1 Å². The van der Waals surface area contributed by atoms with Crippen LogP contribution in [0.3, 0.4) is 0 Å². The average Bonchev–Trinajstić information content (AvgIpc) is 2.19. The number of thioether (sulfide) groups is 1. The highest BCUT2D eigenvalue weighted by Crippen LogP contribution is 2.37. The maximum absolute atomic E-state index is 12.0. The molecule has 1 nitrogen and oxygen atoms in total. The largest absolute Gasteiger partial charge is 0.293 e. The predicted octanol–water partition coefficient (Wildman–Crippen LogP) is 4.20. The van der Waals surface area contributed by atoms with Crippen LogP contribution >= 0.6 is 35.0 Å². The maximum Gasteiger partial charge on any atom is 0.176 e. The van der Waals surface area contributed by atoms with E-state index in [9.17, 15) is 4.79 Å². The van der Waals surface area contributed by atoms with Crippen molar-refractivity contribution in [3.05, 3.63) is 33.3 Å². The summed E-state index contributed by atoms with van der Waals surface area (Å²) in [6.07, 6.45) is 0.854. The number of carbonyl (C=O) groups excluding carboxylic acids is 1. The number of halogens is 2. The first kappa shape index (κ1) is 11.3. The molecule has 1 aromatic rings. The Labute approximate surface area is 103 Å². The van der Waals surface area contributed by atoms with E-state index in [1.165, 1.54) is 0 Å². The van der Waals surface area contributed by atoms with E-state index in [-0.39, 0.29) is 11.0 Å². The highest BCUT2D eigenvalue weighted by Gasteiger charge is 2.28. The van der Waals surface area contributed by atoms with Gasteiger partial charge in [0.15, 0.2) is 5.78 Å². The second kappa shape index (κ2) is 4.36. The van der Waals surface area contributed by atoms with E-state index in [0.29, 0.717) is 15.6 Å². The van der Waals surface area contributed by atoms with Crippen molar-refractivity contribution in [2.75, 3.05) is 0 Å². The average molecular weight is 261 g/mol. The van der Waals surface area contributed by atoms with Gasteiger partial charge in [-0.05, 0) is 24.1 Å². The molecule has 80 valence electrons. The summed E-state index contributed by atoms with van der Waals surface area (Å²) in [6.45, 7) is 2.02. The summed E-state index contributed by atoms with van der Waals surface area (Å²) < 4.78 is 0. The van der Waals surface area contributed by atoms with Crippen LogP contribution in [0.4, 0.5) is 0 Å². The molecule has 1 aromatic carbocycles. The van der Waals surface area contributed by atoms with Crippen LogP contribution in [0.15, 0.2) is 12.1 Å². The lowest BCUT2D eigenvalue weighted by Crippen LogP contribution is -2.22. The number of carbonyl (C=O) groups is 1. The number of ketones is 1. The van der Waals surface area contributed by atoms with Gasteiger partial charge < -0.3 is 0 Å². The number of fused-ring (bicyclic) bond motifs is 1. The fraction of sp³-hybridized carbons (Fsp3) is 0.364. The first-order chi connectivity index (χ1) is 7.13. The lowest BCUT2D eigenvalue weighted by molar-refractivity contribution is 0.0985. The molecule has 1 aliphatic heterocycles.